The summed E-state index contributed by atoms with van der Waals surface area (Å²) in [7, 11) is 1.59. The molecule has 1 unspecified atom stereocenters. The number of amides is 3. The average Bonchev–Trinajstić information content (AvgIpc) is 3.69. The SMILES string of the molecule is COc1ccc(C2c3cccn3-c3ccccc3N2C(=O)CN(C(=O)Nc2cccc(C(F)(F)F)c2)C2CC2)cc1. The Bertz CT molecular complexity index is 1590. The van der Waals surface area contributed by atoms with E-state index < -0.39 is 23.8 Å². The molecular weight excluding hydrogens is 533 g/mol. The summed E-state index contributed by atoms with van der Waals surface area (Å²) in [5.41, 5.74) is 2.42. The van der Waals surface area contributed by atoms with Crippen molar-refractivity contribution in [2.45, 2.75) is 31.1 Å². The Labute approximate surface area is 234 Å². The summed E-state index contributed by atoms with van der Waals surface area (Å²) >= 11 is 0. The molecule has 1 aliphatic heterocycles. The van der Waals surface area contributed by atoms with E-state index in [0.29, 0.717) is 24.3 Å². The minimum atomic E-state index is -4.54. The van der Waals surface area contributed by atoms with Crippen LogP contribution in [0.15, 0.2) is 91.1 Å². The van der Waals surface area contributed by atoms with Crippen LogP contribution >= 0.6 is 0 Å². The summed E-state index contributed by atoms with van der Waals surface area (Å²) in [6, 6.07) is 22.2. The number of alkyl halides is 3. The molecule has 6 rings (SSSR count). The molecule has 1 aliphatic carbocycles. The lowest BCUT2D eigenvalue weighted by Crippen LogP contribution is -2.48. The summed E-state index contributed by atoms with van der Waals surface area (Å²) in [5.74, 6) is 0.376. The first-order valence-electron chi connectivity index (χ1n) is 13.2. The summed E-state index contributed by atoms with van der Waals surface area (Å²) in [4.78, 5) is 30.7. The van der Waals surface area contributed by atoms with Gasteiger partial charge in [-0.05, 0) is 73.0 Å². The number of carbonyl (C=O) groups excluding carboxylic acids is 2. The number of urea groups is 1. The first kappa shape index (κ1) is 26.5. The third kappa shape index (κ3) is 5.13. The van der Waals surface area contributed by atoms with Crippen LogP contribution in [0.3, 0.4) is 0 Å². The van der Waals surface area contributed by atoms with Gasteiger partial charge in [0.15, 0.2) is 0 Å². The maximum absolute atomic E-state index is 14.2. The molecule has 0 saturated heterocycles. The zero-order valence-electron chi connectivity index (χ0n) is 22.1. The van der Waals surface area contributed by atoms with E-state index in [-0.39, 0.29) is 24.2 Å². The normalized spacial score (nSPS) is 16.0. The summed E-state index contributed by atoms with van der Waals surface area (Å²) in [5, 5.41) is 2.57. The Morgan fingerprint density at radius 2 is 1.68 bits per heavy atom. The van der Waals surface area contributed by atoms with Gasteiger partial charge in [0.05, 0.1) is 29.7 Å². The lowest BCUT2D eigenvalue weighted by molar-refractivity contribution is -0.137. The standard InChI is InChI=1S/C31H27F3N4O3/c1-41-24-15-11-20(12-16-24)29-27-10-5-17-36(27)25-8-2-3-9-26(25)38(29)28(39)19-37(23-13-14-23)30(40)35-22-7-4-6-21(18-22)31(32,33)34/h2-12,15-18,23,29H,13-14,19H2,1H3,(H,35,40). The quantitative estimate of drug-likeness (QED) is 0.288. The third-order valence-corrected chi connectivity index (χ3v) is 7.41. The molecule has 41 heavy (non-hydrogen) atoms. The van der Waals surface area contributed by atoms with Crippen LogP contribution in [0.25, 0.3) is 5.69 Å². The molecule has 210 valence electrons. The van der Waals surface area contributed by atoms with Gasteiger partial charge >= 0.3 is 12.2 Å². The molecule has 1 saturated carbocycles. The second-order valence-corrected chi connectivity index (χ2v) is 10.1. The average molecular weight is 561 g/mol. The van der Waals surface area contributed by atoms with Gasteiger partial charge in [-0.15, -0.1) is 0 Å². The second kappa shape index (κ2) is 10.3. The fourth-order valence-electron chi connectivity index (χ4n) is 5.31. The molecular formula is C31H27F3N4O3. The van der Waals surface area contributed by atoms with Crippen molar-refractivity contribution in [3.63, 3.8) is 0 Å². The number of nitrogens with zero attached hydrogens (tertiary/aromatic N) is 3. The Balaban J connectivity index is 1.33. The number of hydrogen-bond acceptors (Lipinski definition) is 3. The molecule has 0 radical (unpaired) electrons. The van der Waals surface area contributed by atoms with Crippen molar-refractivity contribution in [1.29, 1.82) is 0 Å². The number of carbonyl (C=O) groups is 2. The summed E-state index contributed by atoms with van der Waals surface area (Å²) in [6.07, 6.45) is -1.16. The van der Waals surface area contributed by atoms with E-state index in [9.17, 15) is 22.8 Å². The van der Waals surface area contributed by atoms with Crippen LogP contribution in [0.2, 0.25) is 0 Å². The number of aromatic nitrogens is 1. The van der Waals surface area contributed by atoms with Crippen LogP contribution in [-0.2, 0) is 11.0 Å². The third-order valence-electron chi connectivity index (χ3n) is 7.41. The Morgan fingerprint density at radius 3 is 2.37 bits per heavy atom. The van der Waals surface area contributed by atoms with Crippen molar-refractivity contribution in [3.05, 3.63) is 108 Å². The van der Waals surface area contributed by atoms with Gasteiger partial charge in [0.2, 0.25) is 5.91 Å². The predicted octanol–water partition coefficient (Wildman–Crippen LogP) is 6.64. The highest BCUT2D eigenvalue weighted by molar-refractivity contribution is 6.01. The number of para-hydroxylation sites is 2. The predicted molar refractivity (Wildman–Crippen MR) is 148 cm³/mol. The van der Waals surface area contributed by atoms with Crippen LogP contribution < -0.4 is 15.0 Å². The zero-order valence-corrected chi connectivity index (χ0v) is 22.1. The van der Waals surface area contributed by atoms with Crippen molar-refractivity contribution >= 4 is 23.3 Å². The molecule has 3 aromatic carbocycles. The number of ether oxygens (including phenoxy) is 1. The van der Waals surface area contributed by atoms with Crippen LogP contribution in [0.4, 0.5) is 29.3 Å². The van der Waals surface area contributed by atoms with Gasteiger partial charge < -0.3 is 19.5 Å². The Hall–Kier alpha value is -4.73. The fourth-order valence-corrected chi connectivity index (χ4v) is 5.31. The van der Waals surface area contributed by atoms with E-state index in [1.54, 1.807) is 12.0 Å². The van der Waals surface area contributed by atoms with Crippen LogP contribution in [0.1, 0.15) is 35.7 Å². The van der Waals surface area contributed by atoms with Gasteiger partial charge in [0.1, 0.15) is 18.3 Å². The van der Waals surface area contributed by atoms with E-state index >= 15 is 0 Å². The van der Waals surface area contributed by atoms with E-state index in [4.69, 9.17) is 4.74 Å². The minimum absolute atomic E-state index is 0.0141. The van der Waals surface area contributed by atoms with Crippen LogP contribution in [0.5, 0.6) is 5.75 Å². The van der Waals surface area contributed by atoms with Gasteiger partial charge in [-0.25, -0.2) is 4.79 Å². The maximum atomic E-state index is 14.2. The van der Waals surface area contributed by atoms with Gasteiger partial charge in [0.25, 0.3) is 0 Å². The molecule has 3 amide bonds. The van der Waals surface area contributed by atoms with Crippen molar-refractivity contribution < 1.29 is 27.5 Å². The van der Waals surface area contributed by atoms with Crippen molar-refractivity contribution in [1.82, 2.24) is 9.47 Å². The van der Waals surface area contributed by atoms with E-state index in [0.717, 1.165) is 29.1 Å². The number of nitrogens with one attached hydrogen (secondary N) is 1. The minimum Gasteiger partial charge on any atom is -0.497 e. The largest absolute Gasteiger partial charge is 0.497 e. The van der Waals surface area contributed by atoms with E-state index in [1.165, 1.54) is 17.0 Å². The molecule has 1 N–H and O–H groups in total. The van der Waals surface area contributed by atoms with Crippen molar-refractivity contribution in [2.24, 2.45) is 0 Å². The smallest absolute Gasteiger partial charge is 0.416 e. The highest BCUT2D eigenvalue weighted by Gasteiger charge is 2.40. The van der Waals surface area contributed by atoms with Crippen molar-refractivity contribution in [2.75, 3.05) is 23.9 Å². The van der Waals surface area contributed by atoms with Gasteiger partial charge in [-0.2, -0.15) is 13.2 Å². The molecule has 4 aromatic rings. The topological polar surface area (TPSA) is 66.8 Å². The Kier molecular flexibility index (Phi) is 6.69. The number of fused-ring (bicyclic) bond motifs is 3. The zero-order chi connectivity index (χ0) is 28.7. The second-order valence-electron chi connectivity index (χ2n) is 10.1. The van der Waals surface area contributed by atoms with Crippen LogP contribution in [0, 0.1) is 0 Å². The number of methoxy groups -OCH3 is 1. The number of halogens is 3. The van der Waals surface area contributed by atoms with Crippen molar-refractivity contribution in [3.8, 4) is 11.4 Å². The first-order valence-corrected chi connectivity index (χ1v) is 13.2. The summed E-state index contributed by atoms with van der Waals surface area (Å²) < 4.78 is 47.0. The molecule has 0 spiro atoms. The van der Waals surface area contributed by atoms with Gasteiger partial charge in [-0.1, -0.05) is 30.3 Å². The number of benzene rings is 3. The lowest BCUT2D eigenvalue weighted by Gasteiger charge is -2.39. The summed E-state index contributed by atoms with van der Waals surface area (Å²) in [6.45, 7) is -0.239. The van der Waals surface area contributed by atoms with Crippen LogP contribution in [-0.4, -0.2) is 41.1 Å². The first-order chi connectivity index (χ1) is 19.7. The molecule has 1 atom stereocenters. The number of anilines is 2. The Morgan fingerprint density at radius 1 is 0.951 bits per heavy atom. The highest BCUT2D eigenvalue weighted by atomic mass is 19.4. The maximum Gasteiger partial charge on any atom is 0.416 e. The molecule has 1 fully saturated rings. The molecule has 2 aliphatic rings. The highest BCUT2D eigenvalue weighted by Crippen LogP contribution is 2.43. The lowest BCUT2D eigenvalue weighted by atomic mass is 9.97. The van der Waals surface area contributed by atoms with E-state index in [2.05, 4.69) is 5.32 Å². The van der Waals surface area contributed by atoms with Gasteiger partial charge in [0, 0.05) is 17.9 Å². The molecule has 2 heterocycles. The monoisotopic (exact) mass is 560 g/mol. The molecule has 1 aromatic heterocycles. The van der Waals surface area contributed by atoms with E-state index in [1.807, 2.05) is 71.4 Å². The molecule has 0 bridgehead atoms. The molecule has 10 heteroatoms. The molecule has 7 nitrogen and oxygen atoms in total. The number of hydrogen-bond donors (Lipinski definition) is 1. The number of rotatable bonds is 6. The fraction of sp³-hybridized carbons (Fsp3) is 0.226. The van der Waals surface area contributed by atoms with Gasteiger partial charge in [-0.3, -0.25) is 9.69 Å².